The van der Waals surface area contributed by atoms with Crippen molar-refractivity contribution >= 4 is 0 Å². The van der Waals surface area contributed by atoms with Gasteiger partial charge in [-0.3, -0.25) is 0 Å². The number of nitrogens with one attached hydrogen (secondary N) is 1. The van der Waals surface area contributed by atoms with Crippen molar-refractivity contribution in [3.8, 4) is 0 Å². The van der Waals surface area contributed by atoms with Gasteiger partial charge in [-0.25, -0.2) is 0 Å². The van der Waals surface area contributed by atoms with Gasteiger partial charge in [0.1, 0.15) is 0 Å². The molecule has 2 heteroatoms. The molecule has 21 heavy (non-hydrogen) atoms. The molecular formula is C19H32N2. The minimum Gasteiger partial charge on any atom is -0.310 e. The quantitative estimate of drug-likeness (QED) is 0.784. The molecule has 2 unspecified atom stereocenters. The average Bonchev–Trinajstić information content (AvgIpc) is 2.91. The molecule has 0 aromatic heterocycles. The van der Waals surface area contributed by atoms with Crippen molar-refractivity contribution in [2.24, 2.45) is 5.92 Å². The van der Waals surface area contributed by atoms with E-state index in [1.807, 2.05) is 0 Å². The Morgan fingerprint density at radius 3 is 2.62 bits per heavy atom. The van der Waals surface area contributed by atoms with Gasteiger partial charge in [0.25, 0.3) is 0 Å². The second-order valence-electron chi connectivity index (χ2n) is 7.06. The molecule has 0 radical (unpaired) electrons. The van der Waals surface area contributed by atoms with Crippen molar-refractivity contribution in [3.63, 3.8) is 0 Å². The first-order valence-electron chi connectivity index (χ1n) is 8.66. The number of hydrogen-bond acceptors (Lipinski definition) is 2. The summed E-state index contributed by atoms with van der Waals surface area (Å²) in [6.45, 7) is 10.6. The fourth-order valence-corrected chi connectivity index (χ4v) is 3.17. The largest absolute Gasteiger partial charge is 0.310 e. The maximum Gasteiger partial charge on any atom is 0.0209 e. The Morgan fingerprint density at radius 2 is 1.90 bits per heavy atom. The molecule has 2 rings (SSSR count). The van der Waals surface area contributed by atoms with Crippen LogP contribution in [-0.2, 0) is 6.42 Å². The van der Waals surface area contributed by atoms with Crippen LogP contribution in [0.25, 0.3) is 0 Å². The Kier molecular flexibility index (Phi) is 6.72. The van der Waals surface area contributed by atoms with Crippen LogP contribution < -0.4 is 5.32 Å². The summed E-state index contributed by atoms with van der Waals surface area (Å²) in [5.41, 5.74) is 1.46. The van der Waals surface area contributed by atoms with Gasteiger partial charge in [-0.15, -0.1) is 0 Å². The van der Waals surface area contributed by atoms with Gasteiger partial charge in [-0.05, 0) is 50.6 Å². The van der Waals surface area contributed by atoms with E-state index in [1.54, 1.807) is 0 Å². The average molecular weight is 288 g/mol. The third-order valence-corrected chi connectivity index (χ3v) is 4.53. The van der Waals surface area contributed by atoms with Gasteiger partial charge in [0, 0.05) is 25.2 Å². The van der Waals surface area contributed by atoms with Crippen LogP contribution in [0.5, 0.6) is 0 Å². The maximum atomic E-state index is 3.82. The highest BCUT2D eigenvalue weighted by molar-refractivity contribution is 5.14. The topological polar surface area (TPSA) is 15.3 Å². The standard InChI is InChI=1S/C19H32N2/c1-16(2)9-10-17(3)20-19-12-14-21(15-19)13-11-18-7-5-4-6-8-18/h4-8,16-17,19-20H,9-15H2,1-3H3. The molecule has 0 bridgehead atoms. The smallest absolute Gasteiger partial charge is 0.0209 e. The van der Waals surface area contributed by atoms with Crippen LogP contribution in [0.2, 0.25) is 0 Å². The van der Waals surface area contributed by atoms with Gasteiger partial charge in [0.05, 0.1) is 0 Å². The zero-order valence-electron chi connectivity index (χ0n) is 14.0. The highest BCUT2D eigenvalue weighted by Crippen LogP contribution is 2.13. The Balaban J connectivity index is 1.64. The lowest BCUT2D eigenvalue weighted by Crippen LogP contribution is -2.38. The molecule has 118 valence electrons. The molecule has 1 saturated heterocycles. The number of nitrogens with zero attached hydrogens (tertiary/aromatic N) is 1. The molecule has 0 spiro atoms. The highest BCUT2D eigenvalue weighted by Gasteiger charge is 2.22. The molecule has 1 aromatic carbocycles. The van der Waals surface area contributed by atoms with E-state index >= 15 is 0 Å². The minimum absolute atomic E-state index is 0.659. The van der Waals surface area contributed by atoms with Crippen LogP contribution in [-0.4, -0.2) is 36.6 Å². The van der Waals surface area contributed by atoms with Crippen LogP contribution in [0.1, 0.15) is 45.6 Å². The second kappa shape index (κ2) is 8.55. The third kappa shape index (κ3) is 6.19. The zero-order valence-corrected chi connectivity index (χ0v) is 14.0. The lowest BCUT2D eigenvalue weighted by molar-refractivity contribution is 0.323. The normalized spacial score (nSPS) is 21.0. The van der Waals surface area contributed by atoms with E-state index in [0.717, 1.165) is 5.92 Å². The number of hydrogen-bond donors (Lipinski definition) is 1. The zero-order chi connectivity index (χ0) is 15.1. The summed E-state index contributed by atoms with van der Waals surface area (Å²) < 4.78 is 0. The summed E-state index contributed by atoms with van der Waals surface area (Å²) in [7, 11) is 0. The van der Waals surface area contributed by atoms with Gasteiger partial charge < -0.3 is 10.2 Å². The molecule has 2 atom stereocenters. The van der Waals surface area contributed by atoms with Crippen molar-refractivity contribution in [3.05, 3.63) is 35.9 Å². The van der Waals surface area contributed by atoms with Gasteiger partial charge in [-0.2, -0.15) is 0 Å². The lowest BCUT2D eigenvalue weighted by atomic mass is 10.0. The predicted molar refractivity (Wildman–Crippen MR) is 91.7 cm³/mol. The first-order valence-corrected chi connectivity index (χ1v) is 8.66. The molecule has 1 aliphatic rings. The van der Waals surface area contributed by atoms with Crippen molar-refractivity contribution in [2.75, 3.05) is 19.6 Å². The molecule has 1 N–H and O–H groups in total. The molecule has 1 aliphatic heterocycles. The molecule has 1 heterocycles. The van der Waals surface area contributed by atoms with Gasteiger partial charge >= 0.3 is 0 Å². The van der Waals surface area contributed by atoms with Crippen LogP contribution >= 0.6 is 0 Å². The fourth-order valence-electron chi connectivity index (χ4n) is 3.17. The molecule has 1 aromatic rings. The molecule has 0 saturated carbocycles. The van der Waals surface area contributed by atoms with Crippen molar-refractivity contribution in [1.82, 2.24) is 10.2 Å². The minimum atomic E-state index is 0.659. The van der Waals surface area contributed by atoms with E-state index in [1.165, 1.54) is 50.9 Å². The first-order chi connectivity index (χ1) is 10.1. The van der Waals surface area contributed by atoms with Crippen molar-refractivity contribution in [1.29, 1.82) is 0 Å². The number of rotatable bonds is 8. The van der Waals surface area contributed by atoms with Crippen molar-refractivity contribution in [2.45, 2.75) is 58.5 Å². The van der Waals surface area contributed by atoms with E-state index < -0.39 is 0 Å². The molecule has 0 aliphatic carbocycles. The van der Waals surface area contributed by atoms with E-state index in [-0.39, 0.29) is 0 Å². The van der Waals surface area contributed by atoms with Crippen LogP contribution in [0, 0.1) is 5.92 Å². The Labute approximate surface area is 130 Å². The first kappa shape index (κ1) is 16.5. The molecule has 0 amide bonds. The van der Waals surface area contributed by atoms with Crippen LogP contribution in [0.3, 0.4) is 0 Å². The Hall–Kier alpha value is -0.860. The summed E-state index contributed by atoms with van der Waals surface area (Å²) >= 11 is 0. The summed E-state index contributed by atoms with van der Waals surface area (Å²) in [5, 5.41) is 3.82. The van der Waals surface area contributed by atoms with Crippen LogP contribution in [0.15, 0.2) is 30.3 Å². The van der Waals surface area contributed by atoms with E-state index in [4.69, 9.17) is 0 Å². The van der Waals surface area contributed by atoms with Gasteiger partial charge in [0.2, 0.25) is 0 Å². The van der Waals surface area contributed by atoms with Gasteiger partial charge in [-0.1, -0.05) is 44.2 Å². The predicted octanol–water partition coefficient (Wildman–Crippen LogP) is 3.72. The Morgan fingerprint density at radius 1 is 1.14 bits per heavy atom. The summed E-state index contributed by atoms with van der Waals surface area (Å²) in [6, 6.07) is 12.2. The summed E-state index contributed by atoms with van der Waals surface area (Å²) in [5.74, 6) is 0.820. The monoisotopic (exact) mass is 288 g/mol. The van der Waals surface area contributed by atoms with Gasteiger partial charge in [0.15, 0.2) is 0 Å². The third-order valence-electron chi connectivity index (χ3n) is 4.53. The SMILES string of the molecule is CC(C)CCC(C)NC1CCN(CCc2ccccc2)C1. The maximum absolute atomic E-state index is 3.82. The summed E-state index contributed by atoms with van der Waals surface area (Å²) in [4.78, 5) is 2.61. The number of likely N-dealkylation sites (tertiary alicyclic amines) is 1. The van der Waals surface area contributed by atoms with E-state index in [0.29, 0.717) is 12.1 Å². The molecule has 1 fully saturated rings. The lowest BCUT2D eigenvalue weighted by Gasteiger charge is -2.21. The number of benzene rings is 1. The van der Waals surface area contributed by atoms with E-state index in [9.17, 15) is 0 Å². The highest BCUT2D eigenvalue weighted by atomic mass is 15.2. The summed E-state index contributed by atoms with van der Waals surface area (Å²) in [6.07, 6.45) is 5.12. The second-order valence-corrected chi connectivity index (χ2v) is 7.06. The molecule has 2 nitrogen and oxygen atoms in total. The van der Waals surface area contributed by atoms with Crippen LogP contribution in [0.4, 0.5) is 0 Å². The molecular weight excluding hydrogens is 256 g/mol. The fraction of sp³-hybridized carbons (Fsp3) is 0.684. The van der Waals surface area contributed by atoms with E-state index in [2.05, 4.69) is 61.3 Å². The van der Waals surface area contributed by atoms with Crippen molar-refractivity contribution < 1.29 is 0 Å². The Bertz CT molecular complexity index is 388.